The van der Waals surface area contributed by atoms with Crippen LogP contribution in [0.2, 0.25) is 0 Å². The molecule has 3 nitrogen and oxygen atoms in total. The highest BCUT2D eigenvalue weighted by Gasteiger charge is 2.18. The van der Waals surface area contributed by atoms with Crippen LogP contribution in [0.5, 0.6) is 0 Å². The van der Waals surface area contributed by atoms with Gasteiger partial charge in [-0.3, -0.25) is 0 Å². The molecule has 0 bridgehead atoms. The number of hydrogen-bond donors (Lipinski definition) is 1. The second kappa shape index (κ2) is 9.76. The minimum Gasteiger partial charge on any atom is -0.450 e. The van der Waals surface area contributed by atoms with Crippen molar-refractivity contribution in [3.8, 4) is 0 Å². The lowest BCUT2D eigenvalue weighted by molar-refractivity contribution is 0.0461. The lowest BCUT2D eigenvalue weighted by atomic mass is 9.95. The Morgan fingerprint density at radius 1 is 1.00 bits per heavy atom. The molecule has 0 radical (unpaired) electrons. The molecule has 2 aromatic rings. The minimum absolute atomic E-state index is 0.374. The molecule has 0 saturated carbocycles. The Hall–Kier alpha value is -2.29. The van der Waals surface area contributed by atoms with Gasteiger partial charge in [-0.1, -0.05) is 67.9 Å². The van der Waals surface area contributed by atoms with Crippen molar-refractivity contribution < 1.29 is 14.6 Å². The van der Waals surface area contributed by atoms with Gasteiger partial charge in [-0.25, -0.2) is 4.79 Å². The van der Waals surface area contributed by atoms with Crippen LogP contribution in [0.1, 0.15) is 55.4 Å². The fourth-order valence-electron chi connectivity index (χ4n) is 3.05. The van der Waals surface area contributed by atoms with Gasteiger partial charge in [0.05, 0.1) is 0 Å². The Bertz CT molecular complexity index is 622. The summed E-state index contributed by atoms with van der Waals surface area (Å²) >= 11 is 0. The number of hydrogen-bond acceptors (Lipinski definition) is 2. The van der Waals surface area contributed by atoms with Crippen LogP contribution in [0.15, 0.2) is 54.6 Å². The van der Waals surface area contributed by atoms with Gasteiger partial charge in [0.1, 0.15) is 6.10 Å². The van der Waals surface area contributed by atoms with Crippen molar-refractivity contribution in [3.63, 3.8) is 0 Å². The first kappa shape index (κ1) is 18.1. The number of rotatable bonds is 9. The van der Waals surface area contributed by atoms with Gasteiger partial charge in [0.2, 0.25) is 0 Å². The van der Waals surface area contributed by atoms with Gasteiger partial charge in [0, 0.05) is 0 Å². The second-order valence-corrected chi connectivity index (χ2v) is 6.05. The highest BCUT2D eigenvalue weighted by molar-refractivity contribution is 5.57. The van der Waals surface area contributed by atoms with E-state index in [0.29, 0.717) is 0 Å². The van der Waals surface area contributed by atoms with E-state index in [1.54, 1.807) is 0 Å². The second-order valence-electron chi connectivity index (χ2n) is 6.05. The lowest BCUT2D eigenvalue weighted by Crippen LogP contribution is -2.11. The molecule has 0 aliphatic heterocycles. The van der Waals surface area contributed by atoms with Gasteiger partial charge in [-0.2, -0.15) is 0 Å². The Labute approximate surface area is 144 Å². The summed E-state index contributed by atoms with van der Waals surface area (Å²) in [4.78, 5) is 11.1. The van der Waals surface area contributed by atoms with Crippen molar-refractivity contribution in [2.45, 2.75) is 51.6 Å². The molecule has 1 atom stereocenters. The van der Waals surface area contributed by atoms with Crippen LogP contribution in [0.4, 0.5) is 4.79 Å². The van der Waals surface area contributed by atoms with E-state index in [4.69, 9.17) is 9.84 Å². The van der Waals surface area contributed by atoms with Gasteiger partial charge < -0.3 is 9.84 Å². The predicted octanol–water partition coefficient (Wildman–Crippen LogP) is 5.79. The van der Waals surface area contributed by atoms with Crippen LogP contribution in [0.25, 0.3) is 0 Å². The van der Waals surface area contributed by atoms with Gasteiger partial charge in [-0.05, 0) is 48.8 Å². The Morgan fingerprint density at radius 3 is 2.42 bits per heavy atom. The van der Waals surface area contributed by atoms with E-state index >= 15 is 0 Å². The molecule has 0 saturated heterocycles. The molecule has 0 fully saturated rings. The highest BCUT2D eigenvalue weighted by atomic mass is 16.7. The molecule has 0 aromatic heterocycles. The first-order chi connectivity index (χ1) is 11.7. The maximum absolute atomic E-state index is 11.1. The third-order valence-electron chi connectivity index (χ3n) is 4.19. The quantitative estimate of drug-likeness (QED) is 0.469. The fourth-order valence-corrected chi connectivity index (χ4v) is 3.05. The van der Waals surface area contributed by atoms with Gasteiger partial charge in [-0.15, -0.1) is 0 Å². The largest absolute Gasteiger partial charge is 0.506 e. The highest BCUT2D eigenvalue weighted by Crippen LogP contribution is 2.28. The summed E-state index contributed by atoms with van der Waals surface area (Å²) < 4.78 is 5.19. The zero-order chi connectivity index (χ0) is 17.2. The molecule has 2 aromatic carbocycles. The molecule has 1 unspecified atom stereocenters. The molecular formula is C21H26O3. The molecule has 0 amide bonds. The number of aryl methyl sites for hydroxylation is 2. The van der Waals surface area contributed by atoms with E-state index in [1.807, 2.05) is 36.4 Å². The molecular weight excluding hydrogens is 300 g/mol. The van der Waals surface area contributed by atoms with E-state index in [-0.39, 0.29) is 6.10 Å². The van der Waals surface area contributed by atoms with Gasteiger partial charge >= 0.3 is 6.16 Å². The molecule has 0 heterocycles. The molecule has 0 spiro atoms. The van der Waals surface area contributed by atoms with Crippen LogP contribution in [0, 0.1) is 0 Å². The van der Waals surface area contributed by atoms with Crippen molar-refractivity contribution in [1.82, 2.24) is 0 Å². The summed E-state index contributed by atoms with van der Waals surface area (Å²) in [5, 5.41) is 9.08. The first-order valence-corrected chi connectivity index (χ1v) is 8.72. The number of unbranched alkanes of at least 4 members (excludes halogenated alkanes) is 1. The van der Waals surface area contributed by atoms with Crippen molar-refractivity contribution in [1.29, 1.82) is 0 Å². The zero-order valence-corrected chi connectivity index (χ0v) is 14.3. The number of benzene rings is 2. The smallest absolute Gasteiger partial charge is 0.450 e. The van der Waals surface area contributed by atoms with E-state index in [9.17, 15) is 4.79 Å². The molecule has 1 N–H and O–H groups in total. The third-order valence-corrected chi connectivity index (χ3v) is 4.19. The summed E-state index contributed by atoms with van der Waals surface area (Å²) in [5.41, 5.74) is 3.52. The molecule has 0 aliphatic carbocycles. The minimum atomic E-state index is -1.20. The number of carboxylic acid groups (broad SMARTS) is 1. The average Bonchev–Trinajstić information content (AvgIpc) is 2.59. The number of ether oxygens (including phenoxy) is 1. The Morgan fingerprint density at radius 2 is 1.71 bits per heavy atom. The summed E-state index contributed by atoms with van der Waals surface area (Å²) in [6.45, 7) is 2.13. The number of carbonyl (C=O) groups is 1. The SMILES string of the molecule is CCCc1ccccc1C(CCCCc1ccccc1)OC(=O)O. The standard InChI is InChI=1S/C21H26O3/c1-2-10-18-14-7-8-15-19(18)20(24-21(22)23)16-9-6-13-17-11-4-3-5-12-17/h3-5,7-8,11-12,14-15,20H,2,6,9-10,13,16H2,1H3,(H,22,23). The Kier molecular flexibility index (Phi) is 7.34. The van der Waals surface area contributed by atoms with Crippen LogP contribution in [0.3, 0.4) is 0 Å². The van der Waals surface area contributed by atoms with Crippen molar-refractivity contribution in [3.05, 3.63) is 71.3 Å². The summed E-state index contributed by atoms with van der Waals surface area (Å²) in [7, 11) is 0. The monoisotopic (exact) mass is 326 g/mol. The van der Waals surface area contributed by atoms with E-state index in [0.717, 1.165) is 44.1 Å². The van der Waals surface area contributed by atoms with Crippen molar-refractivity contribution in [2.75, 3.05) is 0 Å². The summed E-state index contributed by atoms with van der Waals surface area (Å²) in [5.74, 6) is 0. The van der Waals surface area contributed by atoms with Gasteiger partial charge in [0.25, 0.3) is 0 Å². The van der Waals surface area contributed by atoms with E-state index < -0.39 is 6.16 Å². The normalized spacial score (nSPS) is 11.9. The van der Waals surface area contributed by atoms with E-state index in [2.05, 4.69) is 25.1 Å². The predicted molar refractivity (Wildman–Crippen MR) is 96.3 cm³/mol. The topological polar surface area (TPSA) is 46.5 Å². The van der Waals surface area contributed by atoms with Crippen molar-refractivity contribution >= 4 is 6.16 Å². The van der Waals surface area contributed by atoms with Crippen LogP contribution in [-0.2, 0) is 17.6 Å². The molecule has 3 heteroatoms. The fraction of sp³-hybridized carbons (Fsp3) is 0.381. The van der Waals surface area contributed by atoms with Crippen molar-refractivity contribution in [2.24, 2.45) is 0 Å². The molecule has 24 heavy (non-hydrogen) atoms. The summed E-state index contributed by atoms with van der Waals surface area (Å²) in [6, 6.07) is 18.4. The lowest BCUT2D eigenvalue weighted by Gasteiger charge is -2.19. The van der Waals surface area contributed by atoms with Gasteiger partial charge in [0.15, 0.2) is 0 Å². The maximum atomic E-state index is 11.1. The molecule has 0 aliphatic rings. The van der Waals surface area contributed by atoms with Crippen LogP contribution < -0.4 is 0 Å². The Balaban J connectivity index is 1.97. The molecule has 2 rings (SSSR count). The first-order valence-electron chi connectivity index (χ1n) is 8.72. The maximum Gasteiger partial charge on any atom is 0.506 e. The van der Waals surface area contributed by atoms with E-state index in [1.165, 1.54) is 11.1 Å². The third kappa shape index (κ3) is 5.73. The van der Waals surface area contributed by atoms with Crippen LogP contribution >= 0.6 is 0 Å². The molecule has 128 valence electrons. The average molecular weight is 326 g/mol. The van der Waals surface area contributed by atoms with Crippen LogP contribution in [-0.4, -0.2) is 11.3 Å². The summed E-state index contributed by atoms with van der Waals surface area (Å²) in [6.07, 6.45) is 4.10. The zero-order valence-electron chi connectivity index (χ0n) is 14.3.